The molecule has 3 rings (SSSR count). The van der Waals surface area contributed by atoms with Gasteiger partial charge in [-0.05, 0) is 42.8 Å². The number of aromatic amines is 1. The van der Waals surface area contributed by atoms with Crippen molar-refractivity contribution < 1.29 is 14.3 Å². The summed E-state index contributed by atoms with van der Waals surface area (Å²) in [5.41, 5.74) is 3.21. The molecule has 0 spiro atoms. The Kier molecular flexibility index (Phi) is 5.00. The van der Waals surface area contributed by atoms with E-state index in [0.29, 0.717) is 5.56 Å². The van der Waals surface area contributed by atoms with E-state index in [9.17, 15) is 4.79 Å². The van der Waals surface area contributed by atoms with Crippen LogP contribution >= 0.6 is 0 Å². The molecule has 0 radical (unpaired) electrons. The highest BCUT2D eigenvalue weighted by Crippen LogP contribution is 2.23. The Balaban J connectivity index is 1.73. The van der Waals surface area contributed by atoms with Gasteiger partial charge in [0.15, 0.2) is 0 Å². The quantitative estimate of drug-likeness (QED) is 0.724. The van der Waals surface area contributed by atoms with E-state index in [2.05, 4.69) is 15.3 Å². The predicted octanol–water partition coefficient (Wildman–Crippen LogP) is 3.08. The Morgan fingerprint density at radius 2 is 1.92 bits per heavy atom. The third-order valence-corrected chi connectivity index (χ3v) is 4.19. The highest BCUT2D eigenvalue weighted by atomic mass is 16.5. The molecular formula is C19H21N3O3. The molecule has 0 bridgehead atoms. The predicted molar refractivity (Wildman–Crippen MR) is 95.8 cm³/mol. The lowest BCUT2D eigenvalue weighted by atomic mass is 10.0. The van der Waals surface area contributed by atoms with Crippen molar-refractivity contribution in [3.8, 4) is 5.75 Å². The van der Waals surface area contributed by atoms with Crippen molar-refractivity contribution in [1.29, 1.82) is 0 Å². The molecule has 2 atom stereocenters. The highest BCUT2D eigenvalue weighted by Gasteiger charge is 2.21. The van der Waals surface area contributed by atoms with Gasteiger partial charge in [0.05, 0.1) is 30.5 Å². The minimum atomic E-state index is -0.259. The molecule has 0 saturated heterocycles. The number of methoxy groups -OCH3 is 2. The molecule has 3 aromatic rings. The number of carbonyl (C=O) groups is 1. The molecule has 6 nitrogen and oxygen atoms in total. The minimum Gasteiger partial charge on any atom is -0.497 e. The van der Waals surface area contributed by atoms with Crippen LogP contribution in [0.4, 0.5) is 0 Å². The van der Waals surface area contributed by atoms with Crippen molar-refractivity contribution in [3.05, 3.63) is 59.9 Å². The Morgan fingerprint density at radius 3 is 2.60 bits per heavy atom. The van der Waals surface area contributed by atoms with Crippen molar-refractivity contribution in [1.82, 2.24) is 15.3 Å². The van der Waals surface area contributed by atoms with E-state index in [4.69, 9.17) is 9.47 Å². The molecule has 0 unspecified atom stereocenters. The molecule has 1 amide bonds. The molecule has 2 N–H and O–H groups in total. The summed E-state index contributed by atoms with van der Waals surface area (Å²) in [4.78, 5) is 19.7. The average molecular weight is 339 g/mol. The Labute approximate surface area is 146 Å². The van der Waals surface area contributed by atoms with Gasteiger partial charge in [0, 0.05) is 12.7 Å². The first-order chi connectivity index (χ1) is 12.1. The van der Waals surface area contributed by atoms with Gasteiger partial charge in [-0.15, -0.1) is 0 Å². The third kappa shape index (κ3) is 3.64. The number of benzene rings is 2. The topological polar surface area (TPSA) is 76.2 Å². The first kappa shape index (κ1) is 17.0. The maximum absolute atomic E-state index is 12.6. The number of amides is 1. The van der Waals surface area contributed by atoms with Crippen LogP contribution in [0, 0.1) is 0 Å². The average Bonchev–Trinajstić information content (AvgIpc) is 3.10. The molecule has 0 aliphatic carbocycles. The molecule has 2 aromatic carbocycles. The summed E-state index contributed by atoms with van der Waals surface area (Å²) in [5, 5.41) is 3.00. The summed E-state index contributed by atoms with van der Waals surface area (Å²) >= 11 is 0. The molecule has 0 aliphatic rings. The standard InChI is InChI=1S/C19H21N3O3/c1-12(18(25-3)13-4-7-15(24-2)8-5-13)22-19(23)14-6-9-16-17(10-14)21-11-20-16/h4-12,18H,1-3H3,(H,20,21)(H,22,23)/t12-,18-/m0/s1. The monoisotopic (exact) mass is 339 g/mol. The van der Waals surface area contributed by atoms with Crippen LogP contribution in [0.5, 0.6) is 5.75 Å². The Hall–Kier alpha value is -2.86. The van der Waals surface area contributed by atoms with Gasteiger partial charge in [-0.2, -0.15) is 0 Å². The summed E-state index contributed by atoms with van der Waals surface area (Å²) < 4.78 is 10.8. The zero-order valence-electron chi connectivity index (χ0n) is 14.4. The minimum absolute atomic E-state index is 0.153. The van der Waals surface area contributed by atoms with Gasteiger partial charge in [-0.25, -0.2) is 4.98 Å². The van der Waals surface area contributed by atoms with Crippen molar-refractivity contribution in [2.75, 3.05) is 14.2 Å². The first-order valence-electron chi connectivity index (χ1n) is 8.03. The Morgan fingerprint density at radius 1 is 1.16 bits per heavy atom. The van der Waals surface area contributed by atoms with Gasteiger partial charge in [0.25, 0.3) is 5.91 Å². The molecule has 6 heteroatoms. The van der Waals surface area contributed by atoms with Crippen LogP contribution in [0.1, 0.15) is 28.9 Å². The van der Waals surface area contributed by atoms with Crippen molar-refractivity contribution in [2.45, 2.75) is 19.1 Å². The number of fused-ring (bicyclic) bond motifs is 1. The zero-order chi connectivity index (χ0) is 17.8. The summed E-state index contributed by atoms with van der Waals surface area (Å²) in [7, 11) is 3.26. The molecule has 130 valence electrons. The summed E-state index contributed by atoms with van der Waals surface area (Å²) in [5.74, 6) is 0.628. The number of carbonyl (C=O) groups excluding carboxylic acids is 1. The highest BCUT2D eigenvalue weighted by molar-refractivity contribution is 5.97. The van der Waals surface area contributed by atoms with E-state index in [-0.39, 0.29) is 18.1 Å². The number of aromatic nitrogens is 2. The lowest BCUT2D eigenvalue weighted by Gasteiger charge is -2.24. The number of ether oxygens (including phenoxy) is 2. The molecule has 1 aromatic heterocycles. The van der Waals surface area contributed by atoms with Crippen molar-refractivity contribution in [3.63, 3.8) is 0 Å². The van der Waals surface area contributed by atoms with Crippen LogP contribution in [0.15, 0.2) is 48.8 Å². The number of nitrogens with one attached hydrogen (secondary N) is 2. The van der Waals surface area contributed by atoms with Crippen LogP contribution in [-0.2, 0) is 4.74 Å². The van der Waals surface area contributed by atoms with E-state index >= 15 is 0 Å². The van der Waals surface area contributed by atoms with Gasteiger partial charge in [0.2, 0.25) is 0 Å². The van der Waals surface area contributed by atoms with E-state index in [1.54, 1.807) is 32.7 Å². The first-order valence-corrected chi connectivity index (χ1v) is 8.03. The summed E-state index contributed by atoms with van der Waals surface area (Å²) in [6, 6.07) is 12.8. The summed E-state index contributed by atoms with van der Waals surface area (Å²) in [6.45, 7) is 1.92. The molecule has 0 fully saturated rings. The smallest absolute Gasteiger partial charge is 0.251 e. The van der Waals surface area contributed by atoms with Crippen molar-refractivity contribution in [2.24, 2.45) is 0 Å². The van der Waals surface area contributed by atoms with Gasteiger partial charge in [-0.3, -0.25) is 4.79 Å². The number of hydrogen-bond acceptors (Lipinski definition) is 4. The SMILES string of the molecule is COc1ccc([C@@H](OC)[C@H](C)NC(=O)c2ccc3nc[nH]c3c2)cc1. The largest absolute Gasteiger partial charge is 0.497 e. The lowest BCUT2D eigenvalue weighted by Crippen LogP contribution is -2.37. The molecule has 0 saturated carbocycles. The molecule has 0 aliphatic heterocycles. The second kappa shape index (κ2) is 7.36. The van der Waals surface area contributed by atoms with Gasteiger partial charge >= 0.3 is 0 Å². The fourth-order valence-corrected chi connectivity index (χ4v) is 2.87. The van der Waals surface area contributed by atoms with E-state index in [0.717, 1.165) is 22.3 Å². The number of hydrogen-bond donors (Lipinski definition) is 2. The maximum Gasteiger partial charge on any atom is 0.251 e. The summed E-state index contributed by atoms with van der Waals surface area (Å²) in [6.07, 6.45) is 1.35. The van der Waals surface area contributed by atoms with Crippen LogP contribution in [0.25, 0.3) is 11.0 Å². The number of imidazole rings is 1. The van der Waals surface area contributed by atoms with E-state index in [1.807, 2.05) is 37.3 Å². The Bertz CT molecular complexity index is 858. The molecule has 1 heterocycles. The lowest BCUT2D eigenvalue weighted by molar-refractivity contribution is 0.0644. The normalized spacial score (nSPS) is 13.4. The fourth-order valence-electron chi connectivity index (χ4n) is 2.87. The molecular weight excluding hydrogens is 318 g/mol. The number of nitrogens with zero attached hydrogens (tertiary/aromatic N) is 1. The van der Waals surface area contributed by atoms with Crippen LogP contribution in [0.2, 0.25) is 0 Å². The van der Waals surface area contributed by atoms with Crippen LogP contribution in [0.3, 0.4) is 0 Å². The zero-order valence-corrected chi connectivity index (χ0v) is 14.4. The molecule has 25 heavy (non-hydrogen) atoms. The van der Waals surface area contributed by atoms with Gasteiger partial charge in [0.1, 0.15) is 11.9 Å². The second-order valence-electron chi connectivity index (χ2n) is 5.83. The van der Waals surface area contributed by atoms with E-state index in [1.165, 1.54) is 0 Å². The fraction of sp³-hybridized carbons (Fsp3) is 0.263. The van der Waals surface area contributed by atoms with Gasteiger partial charge < -0.3 is 19.8 Å². The maximum atomic E-state index is 12.6. The van der Waals surface area contributed by atoms with Crippen LogP contribution in [-0.4, -0.2) is 36.1 Å². The van der Waals surface area contributed by atoms with Crippen LogP contribution < -0.4 is 10.1 Å². The number of rotatable bonds is 6. The van der Waals surface area contributed by atoms with Gasteiger partial charge in [-0.1, -0.05) is 12.1 Å². The number of H-pyrrole nitrogens is 1. The van der Waals surface area contributed by atoms with E-state index < -0.39 is 0 Å². The second-order valence-corrected chi connectivity index (χ2v) is 5.83. The third-order valence-electron chi connectivity index (χ3n) is 4.19. The van der Waals surface area contributed by atoms with Crippen molar-refractivity contribution >= 4 is 16.9 Å².